The first-order chi connectivity index (χ1) is 33.5. The highest BCUT2D eigenvalue weighted by molar-refractivity contribution is 6.22. The molecule has 13 rings (SSSR count). The van der Waals surface area contributed by atoms with Crippen molar-refractivity contribution in [3.05, 3.63) is 248 Å². The molecule has 0 spiro atoms. The molecule has 0 saturated carbocycles. The Morgan fingerprint density at radius 3 is 1.37 bits per heavy atom. The average molecular weight is 868 g/mol. The fraction of sp³-hybridized carbons (Fsp3) is 0.0462. The van der Waals surface area contributed by atoms with Gasteiger partial charge in [-0.1, -0.05) is 214 Å². The van der Waals surface area contributed by atoms with E-state index in [9.17, 15) is 0 Å². The van der Waals surface area contributed by atoms with Gasteiger partial charge >= 0.3 is 0 Å². The lowest BCUT2D eigenvalue weighted by Gasteiger charge is -2.24. The Morgan fingerprint density at radius 1 is 0.353 bits per heavy atom. The maximum absolute atomic E-state index is 5.03. The molecule has 0 amide bonds. The van der Waals surface area contributed by atoms with E-state index in [1.807, 2.05) is 18.3 Å². The Labute approximate surface area is 396 Å². The third-order valence-electron chi connectivity index (χ3n) is 14.3. The van der Waals surface area contributed by atoms with Gasteiger partial charge in [-0.3, -0.25) is 4.40 Å². The predicted molar refractivity (Wildman–Crippen MR) is 284 cm³/mol. The first kappa shape index (κ1) is 39.7. The van der Waals surface area contributed by atoms with Crippen LogP contribution < -0.4 is 0 Å². The normalized spacial score (nSPS) is 12.7. The van der Waals surface area contributed by atoms with E-state index in [0.717, 1.165) is 22.5 Å². The van der Waals surface area contributed by atoms with Crippen molar-refractivity contribution in [3.8, 4) is 89.3 Å². The molecule has 12 aromatic rings. The lowest BCUT2D eigenvalue weighted by atomic mass is 9.79. The molecule has 10 aromatic carbocycles. The Bertz CT molecular complexity index is 3870. The number of hydrogen-bond acceptors (Lipinski definition) is 2. The minimum Gasteiger partial charge on any atom is -0.283 e. The molecule has 0 atom stereocenters. The van der Waals surface area contributed by atoms with E-state index in [4.69, 9.17) is 4.98 Å². The molecule has 0 bridgehead atoms. The van der Waals surface area contributed by atoms with Crippen LogP contribution in [0.5, 0.6) is 0 Å². The van der Waals surface area contributed by atoms with Gasteiger partial charge in [0.25, 0.3) is 0 Å². The molecule has 2 aromatic heterocycles. The standard InChI is InChI=1S/C65H45N3/c1-65(2)58-39-51(46-27-33-49(34-28-46)62-63(50-19-10-5-11-20-50)68-38-14-37-66-64(68)67-62)35-36-52(58)55-40-56-57(41-59(55)65)61(48-31-25-45(26-32-48)43-17-8-4-9-18-43)54-22-13-12-21-53(54)60(56)47-29-23-44(24-30-47)42-15-6-3-7-16-42/h3-41H,1-2H3. The lowest BCUT2D eigenvalue weighted by Crippen LogP contribution is -2.15. The van der Waals surface area contributed by atoms with E-state index in [-0.39, 0.29) is 5.41 Å². The third-order valence-corrected chi connectivity index (χ3v) is 14.3. The van der Waals surface area contributed by atoms with Crippen molar-refractivity contribution in [1.82, 2.24) is 14.4 Å². The third kappa shape index (κ3) is 6.42. The second-order valence-corrected chi connectivity index (χ2v) is 18.6. The van der Waals surface area contributed by atoms with Crippen LogP contribution in [-0.2, 0) is 5.41 Å². The van der Waals surface area contributed by atoms with E-state index in [0.29, 0.717) is 5.78 Å². The highest BCUT2D eigenvalue weighted by Gasteiger charge is 2.37. The van der Waals surface area contributed by atoms with Crippen molar-refractivity contribution >= 4 is 27.3 Å². The summed E-state index contributed by atoms with van der Waals surface area (Å²) in [5, 5.41) is 5.04. The van der Waals surface area contributed by atoms with Gasteiger partial charge < -0.3 is 0 Å². The van der Waals surface area contributed by atoms with Crippen molar-refractivity contribution in [3.63, 3.8) is 0 Å². The first-order valence-electron chi connectivity index (χ1n) is 23.5. The summed E-state index contributed by atoms with van der Waals surface area (Å²) < 4.78 is 2.08. The number of hydrogen-bond donors (Lipinski definition) is 0. The molecule has 0 N–H and O–H groups in total. The van der Waals surface area contributed by atoms with E-state index in [1.165, 1.54) is 99.4 Å². The second-order valence-electron chi connectivity index (χ2n) is 18.6. The number of aromatic nitrogens is 3. The minimum atomic E-state index is -0.249. The fourth-order valence-electron chi connectivity index (χ4n) is 10.9. The molecule has 68 heavy (non-hydrogen) atoms. The fourth-order valence-corrected chi connectivity index (χ4v) is 10.9. The van der Waals surface area contributed by atoms with Crippen LogP contribution in [0.2, 0.25) is 0 Å². The topological polar surface area (TPSA) is 30.2 Å². The maximum atomic E-state index is 5.03. The van der Waals surface area contributed by atoms with Crippen molar-refractivity contribution in [2.24, 2.45) is 0 Å². The van der Waals surface area contributed by atoms with Crippen LogP contribution in [0.3, 0.4) is 0 Å². The Balaban J connectivity index is 0.959. The van der Waals surface area contributed by atoms with Gasteiger partial charge in [-0.15, -0.1) is 0 Å². The summed E-state index contributed by atoms with van der Waals surface area (Å²) >= 11 is 0. The first-order valence-corrected chi connectivity index (χ1v) is 23.5. The van der Waals surface area contributed by atoms with E-state index in [2.05, 4.69) is 236 Å². The summed E-state index contributed by atoms with van der Waals surface area (Å²) in [6, 6.07) is 82.1. The van der Waals surface area contributed by atoms with E-state index in [1.54, 1.807) is 6.20 Å². The van der Waals surface area contributed by atoms with E-state index < -0.39 is 0 Å². The van der Waals surface area contributed by atoms with Crippen LogP contribution in [0.1, 0.15) is 25.0 Å². The van der Waals surface area contributed by atoms with Crippen molar-refractivity contribution in [1.29, 1.82) is 0 Å². The van der Waals surface area contributed by atoms with Crippen LogP contribution >= 0.6 is 0 Å². The van der Waals surface area contributed by atoms with Crippen LogP contribution in [0, 0.1) is 0 Å². The summed E-state index contributed by atoms with van der Waals surface area (Å²) in [4.78, 5) is 9.62. The van der Waals surface area contributed by atoms with E-state index >= 15 is 0 Å². The summed E-state index contributed by atoms with van der Waals surface area (Å²) in [5.41, 5.74) is 21.4. The van der Waals surface area contributed by atoms with Crippen LogP contribution in [0.4, 0.5) is 0 Å². The smallest absolute Gasteiger partial charge is 0.234 e. The van der Waals surface area contributed by atoms with Crippen LogP contribution in [0.25, 0.3) is 117 Å². The van der Waals surface area contributed by atoms with Gasteiger partial charge in [-0.25, -0.2) is 9.97 Å². The minimum absolute atomic E-state index is 0.249. The summed E-state index contributed by atoms with van der Waals surface area (Å²) in [7, 11) is 0. The molecule has 320 valence electrons. The van der Waals surface area contributed by atoms with Gasteiger partial charge in [-0.2, -0.15) is 0 Å². The zero-order valence-corrected chi connectivity index (χ0v) is 37.9. The summed E-state index contributed by atoms with van der Waals surface area (Å²) in [5.74, 6) is 0.688. The molecule has 3 nitrogen and oxygen atoms in total. The number of rotatable bonds is 7. The van der Waals surface area contributed by atoms with Crippen LogP contribution in [-0.4, -0.2) is 14.4 Å². The molecule has 0 saturated heterocycles. The monoisotopic (exact) mass is 867 g/mol. The molecule has 1 aliphatic rings. The Morgan fingerprint density at radius 2 is 0.794 bits per heavy atom. The SMILES string of the molecule is CC1(C)c2cc(-c3ccc(-c4nc5ncccn5c4-c4ccccc4)cc3)ccc2-c2cc3c(-c4ccc(-c5ccccc5)cc4)c4ccccc4c(-c4ccc(-c5ccccc5)cc4)c3cc21. The molecule has 0 unspecified atom stereocenters. The largest absolute Gasteiger partial charge is 0.283 e. The molecule has 0 aliphatic heterocycles. The van der Waals surface area contributed by atoms with Gasteiger partial charge in [0.2, 0.25) is 5.78 Å². The van der Waals surface area contributed by atoms with Gasteiger partial charge in [0.15, 0.2) is 0 Å². The molecule has 0 radical (unpaired) electrons. The lowest BCUT2D eigenvalue weighted by molar-refractivity contribution is 0.661. The van der Waals surface area contributed by atoms with Crippen LogP contribution in [0.15, 0.2) is 237 Å². The Kier molecular flexibility index (Phi) is 9.19. The van der Waals surface area contributed by atoms with Crippen molar-refractivity contribution < 1.29 is 0 Å². The Hall–Kier alpha value is -8.66. The zero-order chi connectivity index (χ0) is 45.3. The molecule has 3 heteroatoms. The van der Waals surface area contributed by atoms with Gasteiger partial charge in [0.1, 0.15) is 0 Å². The second kappa shape index (κ2) is 15.8. The highest BCUT2D eigenvalue weighted by Crippen LogP contribution is 2.54. The van der Waals surface area contributed by atoms with Gasteiger partial charge in [0, 0.05) is 28.9 Å². The quantitative estimate of drug-likeness (QED) is 0.149. The number of fused-ring (bicyclic) bond motifs is 6. The average Bonchev–Trinajstić information content (AvgIpc) is 3.90. The summed E-state index contributed by atoms with van der Waals surface area (Å²) in [6.45, 7) is 4.80. The summed E-state index contributed by atoms with van der Waals surface area (Å²) in [6.07, 6.45) is 3.84. The van der Waals surface area contributed by atoms with Crippen molar-refractivity contribution in [2.45, 2.75) is 19.3 Å². The predicted octanol–water partition coefficient (Wildman–Crippen LogP) is 17.0. The molecule has 0 fully saturated rings. The number of imidazole rings is 1. The molecule has 2 heterocycles. The van der Waals surface area contributed by atoms with Gasteiger partial charge in [0.05, 0.1) is 11.4 Å². The highest BCUT2D eigenvalue weighted by atomic mass is 15.1. The molecule has 1 aliphatic carbocycles. The molecular formula is C65H45N3. The zero-order valence-electron chi connectivity index (χ0n) is 37.9. The van der Waals surface area contributed by atoms with Gasteiger partial charge in [-0.05, 0) is 124 Å². The number of nitrogens with zero attached hydrogens (tertiary/aromatic N) is 3. The maximum Gasteiger partial charge on any atom is 0.234 e. The number of benzene rings is 10. The van der Waals surface area contributed by atoms with Crippen molar-refractivity contribution in [2.75, 3.05) is 0 Å². The molecular weight excluding hydrogens is 823 g/mol.